The minimum atomic E-state index is -0.974. The largest absolute Gasteiger partial charge is 0.392 e. The minimum absolute atomic E-state index is 0.183. The second-order valence-corrected chi connectivity index (χ2v) is 4.99. The molecule has 1 rings (SSSR count). The van der Waals surface area contributed by atoms with Crippen LogP contribution in [0.4, 0.5) is 8.78 Å². The molecule has 1 aromatic rings. The van der Waals surface area contributed by atoms with Crippen LogP contribution in [-0.2, 0) is 0 Å². The van der Waals surface area contributed by atoms with Crippen LogP contribution in [0.3, 0.4) is 0 Å². The van der Waals surface area contributed by atoms with Crippen LogP contribution in [0.15, 0.2) is 18.2 Å². The third kappa shape index (κ3) is 4.81. The minimum Gasteiger partial charge on any atom is -0.392 e. The maximum atomic E-state index is 13.0. The average Bonchev–Trinajstić information content (AvgIpc) is 2.43. The van der Waals surface area contributed by atoms with Gasteiger partial charge in [-0.05, 0) is 23.6 Å². The fourth-order valence-corrected chi connectivity index (χ4v) is 2.20. The highest BCUT2D eigenvalue weighted by Crippen LogP contribution is 2.16. The molecule has 0 fully saturated rings. The molecule has 0 saturated heterocycles. The highest BCUT2D eigenvalue weighted by atomic mass is 19.2. The lowest BCUT2D eigenvalue weighted by atomic mass is 9.96. The normalized spacial score (nSPS) is 14.6. The van der Waals surface area contributed by atoms with Gasteiger partial charge in [0.1, 0.15) is 0 Å². The quantitative estimate of drug-likeness (QED) is 0.688. The van der Waals surface area contributed by atoms with E-state index in [1.165, 1.54) is 6.07 Å². The summed E-state index contributed by atoms with van der Waals surface area (Å²) in [7, 11) is 0. The predicted octanol–water partition coefficient (Wildman–Crippen LogP) is 2.38. The van der Waals surface area contributed by atoms with Crippen molar-refractivity contribution >= 4 is 0 Å². The number of rotatable bonds is 8. The Morgan fingerprint density at radius 2 is 1.70 bits per heavy atom. The summed E-state index contributed by atoms with van der Waals surface area (Å²) in [6.45, 7) is 4.59. The van der Waals surface area contributed by atoms with E-state index in [0.717, 1.165) is 25.0 Å². The lowest BCUT2D eigenvalue weighted by Gasteiger charge is -2.21. The van der Waals surface area contributed by atoms with Crippen LogP contribution >= 0.6 is 0 Å². The van der Waals surface area contributed by atoms with Gasteiger partial charge in [-0.2, -0.15) is 0 Å². The Kier molecular flexibility index (Phi) is 7.05. The maximum Gasteiger partial charge on any atom is 0.159 e. The summed E-state index contributed by atoms with van der Waals surface area (Å²) in [5.74, 6) is -1.68. The first-order chi connectivity index (χ1) is 9.49. The van der Waals surface area contributed by atoms with Gasteiger partial charge in [-0.25, -0.2) is 8.78 Å². The molecule has 2 unspecified atom stereocenters. The molecule has 2 atom stereocenters. The van der Waals surface area contributed by atoms with Crippen molar-refractivity contribution in [3.05, 3.63) is 35.4 Å². The van der Waals surface area contributed by atoms with E-state index in [0.29, 0.717) is 12.1 Å². The van der Waals surface area contributed by atoms with Gasteiger partial charge in [-0.3, -0.25) is 0 Å². The summed E-state index contributed by atoms with van der Waals surface area (Å²) in [5, 5.41) is 22.7. The molecule has 3 nitrogen and oxygen atoms in total. The molecule has 0 spiro atoms. The van der Waals surface area contributed by atoms with Crippen molar-refractivity contribution in [3.63, 3.8) is 0 Å². The Bertz CT molecular complexity index is 411. The van der Waals surface area contributed by atoms with Crippen LogP contribution in [0.2, 0.25) is 0 Å². The van der Waals surface area contributed by atoms with E-state index in [2.05, 4.69) is 5.32 Å². The van der Waals surface area contributed by atoms with Crippen LogP contribution in [0.1, 0.15) is 38.4 Å². The van der Waals surface area contributed by atoms with Crippen LogP contribution in [0, 0.1) is 17.6 Å². The number of benzene rings is 1. The average molecular weight is 287 g/mol. The van der Waals surface area contributed by atoms with Crippen LogP contribution in [0.25, 0.3) is 0 Å². The van der Waals surface area contributed by atoms with E-state index < -0.39 is 23.8 Å². The van der Waals surface area contributed by atoms with Gasteiger partial charge in [0, 0.05) is 13.1 Å². The molecule has 0 heterocycles. The molecule has 0 bridgehead atoms. The molecular weight excluding hydrogens is 264 g/mol. The van der Waals surface area contributed by atoms with Gasteiger partial charge >= 0.3 is 0 Å². The lowest BCUT2D eigenvalue weighted by Crippen LogP contribution is -2.34. The summed E-state index contributed by atoms with van der Waals surface area (Å²) < 4.78 is 25.8. The van der Waals surface area contributed by atoms with Gasteiger partial charge in [0.05, 0.1) is 12.2 Å². The Labute approximate surface area is 118 Å². The second-order valence-electron chi connectivity index (χ2n) is 4.99. The first-order valence-corrected chi connectivity index (χ1v) is 7.01. The Balaban J connectivity index is 2.43. The molecule has 5 heteroatoms. The van der Waals surface area contributed by atoms with Gasteiger partial charge in [-0.1, -0.05) is 32.8 Å². The molecule has 114 valence electrons. The fraction of sp³-hybridized carbons (Fsp3) is 0.600. The SMILES string of the molecule is CCC(CC)C(O)CNCC(O)c1ccc(F)c(F)c1. The zero-order valence-electron chi connectivity index (χ0n) is 11.9. The monoisotopic (exact) mass is 287 g/mol. The molecular formula is C15H23F2NO2. The highest BCUT2D eigenvalue weighted by molar-refractivity contribution is 5.20. The van der Waals surface area contributed by atoms with Crippen LogP contribution < -0.4 is 5.32 Å². The van der Waals surface area contributed by atoms with E-state index in [-0.39, 0.29) is 12.5 Å². The van der Waals surface area contributed by atoms with E-state index in [1.54, 1.807) is 0 Å². The molecule has 0 aliphatic carbocycles. The van der Waals surface area contributed by atoms with Gasteiger partial charge < -0.3 is 15.5 Å². The van der Waals surface area contributed by atoms with Crippen molar-refractivity contribution in [2.45, 2.75) is 38.9 Å². The van der Waals surface area contributed by atoms with Crippen LogP contribution in [0.5, 0.6) is 0 Å². The molecule has 0 amide bonds. The molecule has 0 aliphatic heterocycles. The van der Waals surface area contributed by atoms with Crippen molar-refractivity contribution in [1.82, 2.24) is 5.32 Å². The molecule has 0 saturated carbocycles. The first-order valence-electron chi connectivity index (χ1n) is 7.01. The van der Waals surface area contributed by atoms with Crippen molar-refractivity contribution < 1.29 is 19.0 Å². The molecule has 0 radical (unpaired) electrons. The van der Waals surface area contributed by atoms with E-state index in [9.17, 15) is 19.0 Å². The Morgan fingerprint density at radius 1 is 1.05 bits per heavy atom. The van der Waals surface area contributed by atoms with E-state index in [1.807, 2.05) is 13.8 Å². The summed E-state index contributed by atoms with van der Waals surface area (Å²) in [6, 6.07) is 3.33. The molecule has 3 N–H and O–H groups in total. The molecule has 20 heavy (non-hydrogen) atoms. The van der Waals surface area contributed by atoms with Gasteiger partial charge in [-0.15, -0.1) is 0 Å². The summed E-state index contributed by atoms with van der Waals surface area (Å²) in [5.41, 5.74) is 0.313. The number of aliphatic hydroxyl groups excluding tert-OH is 2. The second kappa shape index (κ2) is 8.29. The molecule has 0 aromatic heterocycles. The summed E-state index contributed by atoms with van der Waals surface area (Å²) in [6.07, 6.45) is 0.386. The zero-order valence-corrected chi connectivity index (χ0v) is 11.9. The third-order valence-corrected chi connectivity index (χ3v) is 3.61. The van der Waals surface area contributed by atoms with E-state index >= 15 is 0 Å². The standard InChI is InChI=1S/C15H23F2NO2/c1-3-10(4-2)14(19)8-18-9-15(20)11-5-6-12(16)13(17)7-11/h5-7,10,14-15,18-20H,3-4,8-9H2,1-2H3. The topological polar surface area (TPSA) is 52.5 Å². The molecule has 1 aromatic carbocycles. The first kappa shape index (κ1) is 17.0. The van der Waals surface area contributed by atoms with Gasteiger partial charge in [0.2, 0.25) is 0 Å². The number of hydrogen-bond donors (Lipinski definition) is 3. The molecule has 0 aliphatic rings. The maximum absolute atomic E-state index is 13.0. The third-order valence-electron chi connectivity index (χ3n) is 3.61. The smallest absolute Gasteiger partial charge is 0.159 e. The Morgan fingerprint density at radius 3 is 2.25 bits per heavy atom. The summed E-state index contributed by atoms with van der Waals surface area (Å²) in [4.78, 5) is 0. The number of aliphatic hydroxyl groups is 2. The van der Waals surface area contributed by atoms with Crippen molar-refractivity contribution in [2.75, 3.05) is 13.1 Å². The summed E-state index contributed by atoms with van der Waals surface area (Å²) >= 11 is 0. The fourth-order valence-electron chi connectivity index (χ4n) is 2.20. The highest BCUT2D eigenvalue weighted by Gasteiger charge is 2.16. The zero-order chi connectivity index (χ0) is 15.1. The lowest BCUT2D eigenvalue weighted by molar-refractivity contribution is 0.0945. The predicted molar refractivity (Wildman–Crippen MR) is 74.3 cm³/mol. The van der Waals surface area contributed by atoms with Crippen LogP contribution in [-0.4, -0.2) is 29.4 Å². The van der Waals surface area contributed by atoms with E-state index in [4.69, 9.17) is 0 Å². The number of halogens is 2. The van der Waals surface area contributed by atoms with Crippen molar-refractivity contribution in [2.24, 2.45) is 5.92 Å². The van der Waals surface area contributed by atoms with Gasteiger partial charge in [0.25, 0.3) is 0 Å². The van der Waals surface area contributed by atoms with Crippen molar-refractivity contribution in [1.29, 1.82) is 0 Å². The Hall–Kier alpha value is -1.04. The van der Waals surface area contributed by atoms with Gasteiger partial charge in [0.15, 0.2) is 11.6 Å². The number of nitrogens with one attached hydrogen (secondary N) is 1. The van der Waals surface area contributed by atoms with Crippen molar-refractivity contribution in [3.8, 4) is 0 Å². The number of hydrogen-bond acceptors (Lipinski definition) is 3.